The Labute approximate surface area is 123 Å². The van der Waals surface area contributed by atoms with E-state index in [2.05, 4.69) is 20.3 Å². The van der Waals surface area contributed by atoms with Gasteiger partial charge < -0.3 is 4.90 Å². The van der Waals surface area contributed by atoms with Gasteiger partial charge in [-0.05, 0) is 43.5 Å². The largest absolute Gasteiger partial charge is 0.372 e. The van der Waals surface area contributed by atoms with E-state index in [4.69, 9.17) is 0 Å². The van der Waals surface area contributed by atoms with E-state index in [1.165, 1.54) is 24.9 Å². The number of nitrogens with one attached hydrogen (secondary N) is 1. The Morgan fingerprint density at radius 2 is 1.86 bits per heavy atom. The minimum absolute atomic E-state index is 0.189. The minimum atomic E-state index is -0.189. The first-order chi connectivity index (χ1) is 10.2. The molecule has 3 rings (SSSR count). The van der Waals surface area contributed by atoms with Crippen LogP contribution in [0, 0.1) is 0 Å². The summed E-state index contributed by atoms with van der Waals surface area (Å²) < 4.78 is 1.55. The molecule has 6 heteroatoms. The van der Waals surface area contributed by atoms with Crippen molar-refractivity contribution in [3.63, 3.8) is 0 Å². The number of hydrogen-bond acceptors (Lipinski definition) is 4. The maximum Gasteiger partial charge on any atom is 0.258 e. The Balaban J connectivity index is 1.67. The number of benzene rings is 1. The van der Waals surface area contributed by atoms with Crippen molar-refractivity contribution in [3.8, 4) is 0 Å². The number of anilines is 2. The SMILES string of the molecule is Cn1cnc(NC(=O)c2ccc(N3CCCCC3)cc2)n1. The first-order valence-electron chi connectivity index (χ1n) is 7.24. The van der Waals surface area contributed by atoms with Crippen molar-refractivity contribution in [2.45, 2.75) is 19.3 Å². The van der Waals surface area contributed by atoms with Crippen LogP contribution in [-0.4, -0.2) is 33.8 Å². The molecule has 6 nitrogen and oxygen atoms in total. The summed E-state index contributed by atoms with van der Waals surface area (Å²) >= 11 is 0. The lowest BCUT2D eigenvalue weighted by molar-refractivity contribution is 0.102. The Morgan fingerprint density at radius 1 is 1.14 bits per heavy atom. The molecule has 1 saturated heterocycles. The summed E-state index contributed by atoms with van der Waals surface area (Å²) in [5.41, 5.74) is 1.80. The van der Waals surface area contributed by atoms with E-state index in [0.29, 0.717) is 11.5 Å². The van der Waals surface area contributed by atoms with Gasteiger partial charge in [-0.1, -0.05) is 0 Å². The van der Waals surface area contributed by atoms with Crippen molar-refractivity contribution in [1.82, 2.24) is 14.8 Å². The third-order valence-corrected chi connectivity index (χ3v) is 3.68. The fraction of sp³-hybridized carbons (Fsp3) is 0.400. The maximum atomic E-state index is 12.1. The van der Waals surface area contributed by atoms with Crippen molar-refractivity contribution in [3.05, 3.63) is 36.2 Å². The van der Waals surface area contributed by atoms with Crippen LogP contribution >= 0.6 is 0 Å². The second kappa shape index (κ2) is 5.95. The van der Waals surface area contributed by atoms with Crippen LogP contribution in [0.1, 0.15) is 29.6 Å². The molecule has 1 amide bonds. The Hall–Kier alpha value is -2.37. The number of rotatable bonds is 3. The number of amides is 1. The molecule has 1 fully saturated rings. The van der Waals surface area contributed by atoms with Gasteiger partial charge in [0.25, 0.3) is 5.91 Å². The molecule has 1 aromatic heterocycles. The van der Waals surface area contributed by atoms with Crippen LogP contribution < -0.4 is 10.2 Å². The van der Waals surface area contributed by atoms with Crippen LogP contribution in [0.2, 0.25) is 0 Å². The van der Waals surface area contributed by atoms with Gasteiger partial charge in [-0.15, -0.1) is 5.10 Å². The summed E-state index contributed by atoms with van der Waals surface area (Å²) in [4.78, 5) is 18.4. The van der Waals surface area contributed by atoms with Crippen molar-refractivity contribution in [2.75, 3.05) is 23.3 Å². The minimum Gasteiger partial charge on any atom is -0.372 e. The maximum absolute atomic E-state index is 12.1. The molecule has 2 aromatic rings. The quantitative estimate of drug-likeness (QED) is 0.937. The highest BCUT2D eigenvalue weighted by Gasteiger charge is 2.12. The van der Waals surface area contributed by atoms with Gasteiger partial charge in [0.15, 0.2) is 0 Å². The van der Waals surface area contributed by atoms with Gasteiger partial charge in [-0.3, -0.25) is 14.8 Å². The zero-order chi connectivity index (χ0) is 14.7. The van der Waals surface area contributed by atoms with Gasteiger partial charge in [-0.2, -0.15) is 0 Å². The van der Waals surface area contributed by atoms with E-state index < -0.39 is 0 Å². The standard InChI is InChI=1S/C15H19N5O/c1-19-11-16-15(18-19)17-14(21)12-5-7-13(8-6-12)20-9-3-2-4-10-20/h5-8,11H,2-4,9-10H2,1H3,(H,17,18,21). The molecule has 0 radical (unpaired) electrons. The fourth-order valence-electron chi connectivity index (χ4n) is 2.55. The Morgan fingerprint density at radius 3 is 2.48 bits per heavy atom. The predicted octanol–water partition coefficient (Wildman–Crippen LogP) is 2.06. The number of hydrogen-bond donors (Lipinski definition) is 1. The van der Waals surface area contributed by atoms with Gasteiger partial charge in [0, 0.05) is 31.4 Å². The van der Waals surface area contributed by atoms with Crippen LogP contribution in [0.4, 0.5) is 11.6 Å². The van der Waals surface area contributed by atoms with Gasteiger partial charge in [0.2, 0.25) is 5.95 Å². The lowest BCUT2D eigenvalue weighted by Crippen LogP contribution is -2.29. The molecule has 0 saturated carbocycles. The number of aromatic nitrogens is 3. The lowest BCUT2D eigenvalue weighted by Gasteiger charge is -2.28. The van der Waals surface area contributed by atoms with Gasteiger partial charge in [-0.25, -0.2) is 4.98 Å². The van der Waals surface area contributed by atoms with Crippen molar-refractivity contribution >= 4 is 17.5 Å². The van der Waals surface area contributed by atoms with Crippen LogP contribution in [0.15, 0.2) is 30.6 Å². The predicted molar refractivity (Wildman–Crippen MR) is 81.5 cm³/mol. The molecule has 2 heterocycles. The van der Waals surface area contributed by atoms with Crippen LogP contribution in [0.25, 0.3) is 0 Å². The number of piperidine rings is 1. The second-order valence-corrected chi connectivity index (χ2v) is 5.29. The average molecular weight is 285 g/mol. The molecule has 21 heavy (non-hydrogen) atoms. The summed E-state index contributed by atoms with van der Waals surface area (Å²) in [6, 6.07) is 7.71. The molecule has 110 valence electrons. The third-order valence-electron chi connectivity index (χ3n) is 3.68. The van der Waals surface area contributed by atoms with E-state index in [9.17, 15) is 4.79 Å². The fourth-order valence-corrected chi connectivity index (χ4v) is 2.55. The van der Waals surface area contributed by atoms with Crippen LogP contribution in [0.3, 0.4) is 0 Å². The highest BCUT2D eigenvalue weighted by molar-refractivity contribution is 6.03. The zero-order valence-electron chi connectivity index (χ0n) is 12.1. The third kappa shape index (κ3) is 3.21. The van der Waals surface area contributed by atoms with E-state index >= 15 is 0 Å². The van der Waals surface area contributed by atoms with Gasteiger partial charge in [0.1, 0.15) is 6.33 Å². The molecular weight excluding hydrogens is 266 g/mol. The average Bonchev–Trinajstić information content (AvgIpc) is 2.93. The summed E-state index contributed by atoms with van der Waals surface area (Å²) in [5.74, 6) is 0.133. The van der Waals surface area contributed by atoms with E-state index in [1.807, 2.05) is 24.3 Å². The number of nitrogens with zero attached hydrogens (tertiary/aromatic N) is 4. The summed E-state index contributed by atoms with van der Waals surface area (Å²) in [6.45, 7) is 2.20. The van der Waals surface area contributed by atoms with Crippen LogP contribution in [0.5, 0.6) is 0 Å². The summed E-state index contributed by atoms with van der Waals surface area (Å²) in [5, 5.41) is 6.71. The van der Waals surface area contributed by atoms with E-state index in [-0.39, 0.29) is 5.91 Å². The molecule has 1 N–H and O–H groups in total. The molecule has 1 aliphatic rings. The molecule has 0 unspecified atom stereocenters. The van der Waals surface area contributed by atoms with Crippen LogP contribution in [-0.2, 0) is 7.05 Å². The highest BCUT2D eigenvalue weighted by Crippen LogP contribution is 2.20. The first kappa shape index (κ1) is 13.6. The summed E-state index contributed by atoms with van der Waals surface area (Å²) in [7, 11) is 1.76. The zero-order valence-corrected chi connectivity index (χ0v) is 12.1. The Kier molecular flexibility index (Phi) is 3.85. The molecule has 0 bridgehead atoms. The topological polar surface area (TPSA) is 63.1 Å². The molecule has 1 aliphatic heterocycles. The normalized spacial score (nSPS) is 15.0. The Bertz CT molecular complexity index is 613. The van der Waals surface area contributed by atoms with Gasteiger partial charge in [0.05, 0.1) is 0 Å². The first-order valence-corrected chi connectivity index (χ1v) is 7.24. The number of aryl methyl sites for hydroxylation is 1. The second-order valence-electron chi connectivity index (χ2n) is 5.29. The molecule has 0 atom stereocenters. The number of carbonyl (C=O) groups excluding carboxylic acids is 1. The van der Waals surface area contributed by atoms with E-state index in [1.54, 1.807) is 18.1 Å². The smallest absolute Gasteiger partial charge is 0.258 e. The lowest BCUT2D eigenvalue weighted by atomic mass is 10.1. The molecule has 0 aliphatic carbocycles. The van der Waals surface area contributed by atoms with Crippen molar-refractivity contribution in [1.29, 1.82) is 0 Å². The van der Waals surface area contributed by atoms with Crippen molar-refractivity contribution in [2.24, 2.45) is 7.05 Å². The summed E-state index contributed by atoms with van der Waals surface area (Å²) in [6.07, 6.45) is 5.35. The van der Waals surface area contributed by atoms with Crippen molar-refractivity contribution < 1.29 is 4.79 Å². The van der Waals surface area contributed by atoms with E-state index in [0.717, 1.165) is 13.1 Å². The molecule has 0 spiro atoms. The molecule has 1 aromatic carbocycles. The monoisotopic (exact) mass is 285 g/mol. The number of carbonyl (C=O) groups is 1. The van der Waals surface area contributed by atoms with Gasteiger partial charge >= 0.3 is 0 Å². The highest BCUT2D eigenvalue weighted by atomic mass is 16.1. The molecular formula is C15H19N5O.